The van der Waals surface area contributed by atoms with E-state index in [1.165, 1.54) is 0 Å². The zero-order valence-corrected chi connectivity index (χ0v) is 19.8. The summed E-state index contributed by atoms with van der Waals surface area (Å²) in [7, 11) is 0. The highest BCUT2D eigenvalue weighted by Crippen LogP contribution is 2.27. The third kappa shape index (κ3) is 7.30. The lowest BCUT2D eigenvalue weighted by Gasteiger charge is -2.31. The molecule has 0 heterocycles. The largest absolute Gasteiger partial charge is 0.444 e. The van der Waals surface area contributed by atoms with Crippen molar-refractivity contribution in [3.8, 4) is 12.5 Å². The van der Waals surface area contributed by atoms with Crippen LogP contribution in [0.15, 0.2) is 18.2 Å². The van der Waals surface area contributed by atoms with Crippen LogP contribution in [-0.4, -0.2) is 41.0 Å². The minimum absolute atomic E-state index is 0.0680. The number of hydrogen-bond donors (Lipinski definition) is 2. The average molecular weight is 442 g/mol. The van der Waals surface area contributed by atoms with E-state index in [0.717, 1.165) is 48.1 Å². The Hall–Kier alpha value is -3.01. The quantitative estimate of drug-likeness (QED) is 0.520. The molecule has 1 aliphatic carbocycles. The minimum Gasteiger partial charge on any atom is -0.444 e. The summed E-state index contributed by atoms with van der Waals surface area (Å²) in [4.78, 5) is 39.4. The smallest absolute Gasteiger partial charge is 0.408 e. The van der Waals surface area contributed by atoms with Crippen molar-refractivity contribution < 1.29 is 19.1 Å². The van der Waals surface area contributed by atoms with Gasteiger partial charge < -0.3 is 15.4 Å². The van der Waals surface area contributed by atoms with Gasteiger partial charge >= 0.3 is 6.09 Å². The molecule has 0 radical (unpaired) electrons. The Kier molecular flexibility index (Phi) is 8.71. The van der Waals surface area contributed by atoms with Gasteiger partial charge in [0.15, 0.2) is 0 Å². The maximum absolute atomic E-state index is 13.4. The van der Waals surface area contributed by atoms with Gasteiger partial charge in [-0.15, -0.1) is 0 Å². The van der Waals surface area contributed by atoms with E-state index in [1.807, 2.05) is 32.0 Å². The molecular weight excluding hydrogens is 406 g/mol. The van der Waals surface area contributed by atoms with Crippen LogP contribution in [0.3, 0.4) is 0 Å². The summed E-state index contributed by atoms with van der Waals surface area (Å²) in [5.41, 5.74) is 1.78. The Balaban J connectivity index is 2.26. The molecule has 0 saturated heterocycles. The normalized spacial score (nSPS) is 15.2. The first kappa shape index (κ1) is 25.3. The summed E-state index contributed by atoms with van der Waals surface area (Å²) in [6.07, 6.45) is 10.1. The number of alkyl carbamates (subject to hydrolysis) is 1. The van der Waals surface area contributed by atoms with E-state index < -0.39 is 23.6 Å². The van der Waals surface area contributed by atoms with E-state index in [1.54, 1.807) is 20.8 Å². The molecule has 7 nitrogen and oxygen atoms in total. The highest BCUT2D eigenvalue weighted by Gasteiger charge is 2.33. The lowest BCUT2D eigenvalue weighted by atomic mass is 9.93. The van der Waals surface area contributed by atoms with Crippen molar-refractivity contribution in [2.75, 3.05) is 6.54 Å². The summed E-state index contributed by atoms with van der Waals surface area (Å²) in [6, 6.07) is 7.17. The van der Waals surface area contributed by atoms with Crippen molar-refractivity contribution in [3.05, 3.63) is 34.9 Å². The van der Waals surface area contributed by atoms with Gasteiger partial charge in [0, 0.05) is 12.1 Å². The summed E-state index contributed by atoms with van der Waals surface area (Å²) in [6.45, 7) is 8.62. The van der Waals surface area contributed by atoms with E-state index in [9.17, 15) is 14.4 Å². The molecule has 1 aromatic carbocycles. The number of ether oxygens (including phenoxy) is 1. The predicted molar refractivity (Wildman–Crippen MR) is 124 cm³/mol. The van der Waals surface area contributed by atoms with Gasteiger partial charge in [-0.25, -0.2) is 4.79 Å². The SMILES string of the molecule is C#CN(C(=O)CNC(=O)OC(C)(C)C)C(C(=O)NC1CCCCC1)c1cc(C)ccc1C. The molecule has 0 aliphatic heterocycles. The topological polar surface area (TPSA) is 87.7 Å². The first-order valence-electron chi connectivity index (χ1n) is 11.1. The van der Waals surface area contributed by atoms with Crippen LogP contribution < -0.4 is 10.6 Å². The molecule has 2 rings (SSSR count). The van der Waals surface area contributed by atoms with Gasteiger partial charge in [-0.05, 0) is 58.6 Å². The van der Waals surface area contributed by atoms with Crippen molar-refractivity contribution in [1.29, 1.82) is 0 Å². The van der Waals surface area contributed by atoms with Gasteiger partial charge in [0.05, 0.1) is 0 Å². The van der Waals surface area contributed by atoms with Crippen LogP contribution in [0.25, 0.3) is 0 Å². The number of nitrogens with one attached hydrogen (secondary N) is 2. The summed E-state index contributed by atoms with van der Waals surface area (Å²) in [5.74, 6) is -0.878. The molecule has 1 atom stereocenters. The number of hydrogen-bond acceptors (Lipinski definition) is 4. The van der Waals surface area contributed by atoms with Gasteiger partial charge in [-0.3, -0.25) is 14.5 Å². The summed E-state index contributed by atoms with van der Waals surface area (Å²) in [5, 5.41) is 5.52. The number of carbonyl (C=O) groups excluding carboxylic acids is 3. The number of rotatable bonds is 6. The molecule has 3 amide bonds. The molecular formula is C25H35N3O4. The van der Waals surface area contributed by atoms with Crippen molar-refractivity contribution in [3.63, 3.8) is 0 Å². The predicted octanol–water partition coefficient (Wildman–Crippen LogP) is 3.74. The van der Waals surface area contributed by atoms with Crippen LogP contribution in [0, 0.1) is 26.3 Å². The van der Waals surface area contributed by atoms with Crippen LogP contribution >= 0.6 is 0 Å². The fraction of sp³-hybridized carbons (Fsp3) is 0.560. The zero-order chi connectivity index (χ0) is 23.9. The lowest BCUT2D eigenvalue weighted by Crippen LogP contribution is -2.48. The van der Waals surface area contributed by atoms with Gasteiger partial charge in [0.2, 0.25) is 5.91 Å². The summed E-state index contributed by atoms with van der Waals surface area (Å²) < 4.78 is 5.18. The molecule has 174 valence electrons. The molecule has 2 N–H and O–H groups in total. The molecule has 1 aliphatic rings. The number of aryl methyl sites for hydroxylation is 2. The molecule has 0 aromatic heterocycles. The maximum Gasteiger partial charge on any atom is 0.408 e. The van der Waals surface area contributed by atoms with E-state index in [-0.39, 0.29) is 18.5 Å². The lowest BCUT2D eigenvalue weighted by molar-refractivity contribution is -0.137. The Morgan fingerprint density at radius 3 is 2.44 bits per heavy atom. The molecule has 1 saturated carbocycles. The Labute approximate surface area is 191 Å². The molecule has 1 aromatic rings. The third-order valence-electron chi connectivity index (χ3n) is 5.38. The standard InChI is InChI=1S/C25H35N3O4/c1-7-28(21(29)16-26-24(31)32-25(4,5)6)22(20-15-17(2)13-14-18(20)3)23(30)27-19-11-9-8-10-12-19/h1,13-15,19,22H,8-12,16H2,2-6H3,(H,26,31)(H,27,30). The number of nitrogens with zero attached hydrogens (tertiary/aromatic N) is 1. The van der Waals surface area contributed by atoms with Crippen LogP contribution in [0.4, 0.5) is 4.79 Å². The first-order valence-corrected chi connectivity index (χ1v) is 11.1. The number of benzene rings is 1. The third-order valence-corrected chi connectivity index (χ3v) is 5.38. The molecule has 1 fully saturated rings. The van der Waals surface area contributed by atoms with Crippen LogP contribution in [0.1, 0.15) is 75.6 Å². The second-order valence-corrected chi connectivity index (χ2v) is 9.35. The van der Waals surface area contributed by atoms with Gasteiger partial charge in [0.25, 0.3) is 5.91 Å². The van der Waals surface area contributed by atoms with E-state index in [4.69, 9.17) is 11.2 Å². The fourth-order valence-electron chi connectivity index (χ4n) is 3.82. The van der Waals surface area contributed by atoms with Crippen LogP contribution in [0.2, 0.25) is 0 Å². The number of carbonyl (C=O) groups is 3. The van der Waals surface area contributed by atoms with Gasteiger partial charge in [-0.1, -0.05) is 49.4 Å². The monoisotopic (exact) mass is 441 g/mol. The Bertz CT molecular complexity index is 876. The highest BCUT2D eigenvalue weighted by molar-refractivity contribution is 5.92. The van der Waals surface area contributed by atoms with Crippen molar-refractivity contribution in [1.82, 2.24) is 15.5 Å². The first-order chi connectivity index (χ1) is 15.0. The average Bonchev–Trinajstić information content (AvgIpc) is 2.71. The van der Waals surface area contributed by atoms with Crippen LogP contribution in [0.5, 0.6) is 0 Å². The zero-order valence-electron chi connectivity index (χ0n) is 19.8. The number of terminal acetylenes is 1. The highest BCUT2D eigenvalue weighted by atomic mass is 16.6. The molecule has 1 unspecified atom stereocenters. The Morgan fingerprint density at radius 2 is 1.84 bits per heavy atom. The molecule has 7 heteroatoms. The maximum atomic E-state index is 13.4. The number of amides is 3. The molecule has 0 bridgehead atoms. The second kappa shape index (κ2) is 11.0. The van der Waals surface area contributed by atoms with E-state index in [0.29, 0.717) is 5.56 Å². The minimum atomic E-state index is -0.991. The van der Waals surface area contributed by atoms with Crippen LogP contribution in [-0.2, 0) is 14.3 Å². The van der Waals surface area contributed by atoms with E-state index in [2.05, 4.69) is 16.7 Å². The summed E-state index contributed by atoms with van der Waals surface area (Å²) >= 11 is 0. The van der Waals surface area contributed by atoms with Gasteiger partial charge in [0.1, 0.15) is 18.2 Å². The Morgan fingerprint density at radius 1 is 1.19 bits per heavy atom. The van der Waals surface area contributed by atoms with E-state index >= 15 is 0 Å². The van der Waals surface area contributed by atoms with Gasteiger partial charge in [-0.2, -0.15) is 0 Å². The van der Waals surface area contributed by atoms with Crippen molar-refractivity contribution in [2.24, 2.45) is 0 Å². The second-order valence-electron chi connectivity index (χ2n) is 9.35. The molecule has 32 heavy (non-hydrogen) atoms. The van der Waals surface area contributed by atoms with Crippen molar-refractivity contribution >= 4 is 17.9 Å². The molecule has 0 spiro atoms. The fourth-order valence-corrected chi connectivity index (χ4v) is 3.82. The van der Waals surface area contributed by atoms with Crippen molar-refractivity contribution in [2.45, 2.75) is 84.4 Å².